The Morgan fingerprint density at radius 1 is 1.19 bits per heavy atom. The number of nitrogens with zero attached hydrogens (tertiary/aromatic N) is 5. The number of pyridine rings is 1. The summed E-state index contributed by atoms with van der Waals surface area (Å²) < 4.78 is 30.6. The molecule has 5 rings (SSSR count). The first-order valence-corrected chi connectivity index (χ1v) is 14.2. The molecule has 0 amide bonds. The summed E-state index contributed by atoms with van der Waals surface area (Å²) in [6.45, 7) is 5.35. The second-order valence-electron chi connectivity index (χ2n) is 9.84. The van der Waals surface area contributed by atoms with Crippen molar-refractivity contribution < 1.29 is 13.2 Å². The SMILES string of the molecule is Cc1c(N2CCc3c(nc(N)nc3-c3ccc(CS(=O)(=O)CCN(C)C)cc3)C2)cnc2c1NCCO2. The van der Waals surface area contributed by atoms with Gasteiger partial charge in [0.2, 0.25) is 11.8 Å². The van der Waals surface area contributed by atoms with Crippen molar-refractivity contribution in [3.05, 3.63) is 52.8 Å². The predicted molar refractivity (Wildman–Crippen MR) is 146 cm³/mol. The van der Waals surface area contributed by atoms with Gasteiger partial charge in [0.1, 0.15) is 12.3 Å². The average Bonchev–Trinajstić information content (AvgIpc) is 2.87. The third kappa shape index (κ3) is 5.47. The van der Waals surface area contributed by atoms with Crippen LogP contribution in [0.2, 0.25) is 0 Å². The highest BCUT2D eigenvalue weighted by atomic mass is 32.2. The Kier molecular flexibility index (Phi) is 6.91. The van der Waals surface area contributed by atoms with Crippen LogP contribution >= 0.6 is 0 Å². The normalized spacial score (nSPS) is 15.1. The number of rotatable bonds is 7. The molecule has 0 spiro atoms. The molecule has 4 heterocycles. The van der Waals surface area contributed by atoms with Crippen LogP contribution in [-0.4, -0.2) is 74.4 Å². The minimum absolute atomic E-state index is 0.0220. The fourth-order valence-electron chi connectivity index (χ4n) is 4.83. The molecule has 2 aliphatic rings. The van der Waals surface area contributed by atoms with Crippen LogP contribution in [0.25, 0.3) is 11.3 Å². The van der Waals surface area contributed by atoms with Crippen molar-refractivity contribution in [2.45, 2.75) is 25.6 Å². The number of nitrogen functional groups attached to an aromatic ring is 1. The van der Waals surface area contributed by atoms with Gasteiger partial charge in [-0.25, -0.2) is 23.4 Å². The number of hydrogen-bond donors (Lipinski definition) is 2. The van der Waals surface area contributed by atoms with Crippen molar-refractivity contribution >= 4 is 27.2 Å². The summed E-state index contributed by atoms with van der Waals surface area (Å²) in [4.78, 5) is 17.8. The molecule has 1 aromatic carbocycles. The van der Waals surface area contributed by atoms with Gasteiger partial charge in [-0.05, 0) is 33.0 Å². The molecule has 0 saturated carbocycles. The topological polar surface area (TPSA) is 127 Å². The molecule has 0 radical (unpaired) electrons. The highest BCUT2D eigenvalue weighted by Gasteiger charge is 2.26. The van der Waals surface area contributed by atoms with E-state index in [4.69, 9.17) is 10.5 Å². The molecule has 0 fully saturated rings. The largest absolute Gasteiger partial charge is 0.474 e. The van der Waals surface area contributed by atoms with E-state index < -0.39 is 9.84 Å². The quantitative estimate of drug-likeness (QED) is 0.476. The Balaban J connectivity index is 1.38. The molecule has 0 saturated heterocycles. The van der Waals surface area contributed by atoms with Crippen LogP contribution < -0.4 is 20.7 Å². The summed E-state index contributed by atoms with van der Waals surface area (Å²) in [5, 5.41) is 3.40. The lowest BCUT2D eigenvalue weighted by Gasteiger charge is -2.33. The molecule has 2 aromatic heterocycles. The first-order valence-electron chi connectivity index (χ1n) is 12.4. The maximum absolute atomic E-state index is 12.5. The van der Waals surface area contributed by atoms with Gasteiger partial charge in [-0.1, -0.05) is 24.3 Å². The third-order valence-corrected chi connectivity index (χ3v) is 8.38. The molecule has 0 bridgehead atoms. The summed E-state index contributed by atoms with van der Waals surface area (Å²) in [5.41, 5.74) is 13.7. The third-order valence-electron chi connectivity index (χ3n) is 6.81. The van der Waals surface area contributed by atoms with Gasteiger partial charge >= 0.3 is 0 Å². The number of anilines is 3. The Morgan fingerprint density at radius 3 is 2.73 bits per heavy atom. The number of aromatic nitrogens is 3. The van der Waals surface area contributed by atoms with E-state index >= 15 is 0 Å². The van der Waals surface area contributed by atoms with Gasteiger partial charge in [0.05, 0.1) is 41.3 Å². The number of nitrogens with one attached hydrogen (secondary N) is 1. The molecule has 0 atom stereocenters. The molecule has 37 heavy (non-hydrogen) atoms. The summed E-state index contributed by atoms with van der Waals surface area (Å²) in [6.07, 6.45) is 2.62. The molecule has 0 unspecified atom stereocenters. The predicted octanol–water partition coefficient (Wildman–Crippen LogP) is 2.27. The summed E-state index contributed by atoms with van der Waals surface area (Å²) in [7, 11) is 0.559. The molecular formula is C26H33N7O3S. The lowest BCUT2D eigenvalue weighted by molar-refractivity contribution is 0.310. The smallest absolute Gasteiger partial charge is 0.237 e. The van der Waals surface area contributed by atoms with Crippen molar-refractivity contribution in [2.75, 3.05) is 62.0 Å². The Morgan fingerprint density at radius 2 is 1.97 bits per heavy atom. The zero-order valence-electron chi connectivity index (χ0n) is 21.5. The van der Waals surface area contributed by atoms with Crippen molar-refractivity contribution in [3.8, 4) is 17.1 Å². The van der Waals surface area contributed by atoms with Crippen LogP contribution in [0.15, 0.2) is 30.5 Å². The number of sulfone groups is 1. The molecule has 2 aliphatic heterocycles. The van der Waals surface area contributed by atoms with Crippen molar-refractivity contribution in [1.82, 2.24) is 19.9 Å². The van der Waals surface area contributed by atoms with Crippen LogP contribution in [0.4, 0.5) is 17.3 Å². The van der Waals surface area contributed by atoms with Crippen LogP contribution in [0.3, 0.4) is 0 Å². The van der Waals surface area contributed by atoms with Gasteiger partial charge in [0.15, 0.2) is 9.84 Å². The number of hydrogen-bond acceptors (Lipinski definition) is 10. The minimum Gasteiger partial charge on any atom is -0.474 e. The molecule has 3 aromatic rings. The van der Waals surface area contributed by atoms with Crippen LogP contribution in [0, 0.1) is 6.92 Å². The Hall–Kier alpha value is -3.44. The maximum atomic E-state index is 12.5. The van der Waals surface area contributed by atoms with Gasteiger partial charge in [0, 0.05) is 36.3 Å². The molecule has 0 aliphatic carbocycles. The fraction of sp³-hybridized carbons (Fsp3) is 0.423. The molecule has 10 nitrogen and oxygen atoms in total. The second-order valence-corrected chi connectivity index (χ2v) is 12.0. The monoisotopic (exact) mass is 523 g/mol. The second kappa shape index (κ2) is 10.1. The zero-order chi connectivity index (χ0) is 26.2. The van der Waals surface area contributed by atoms with E-state index in [0.29, 0.717) is 25.6 Å². The van der Waals surface area contributed by atoms with E-state index in [2.05, 4.69) is 32.1 Å². The van der Waals surface area contributed by atoms with Crippen molar-refractivity contribution in [2.24, 2.45) is 0 Å². The van der Waals surface area contributed by atoms with Crippen LogP contribution in [0.5, 0.6) is 5.88 Å². The van der Waals surface area contributed by atoms with E-state index in [9.17, 15) is 8.42 Å². The van der Waals surface area contributed by atoms with E-state index in [1.807, 2.05) is 49.5 Å². The van der Waals surface area contributed by atoms with Gasteiger partial charge in [0.25, 0.3) is 0 Å². The first kappa shape index (κ1) is 25.2. The van der Waals surface area contributed by atoms with E-state index in [-0.39, 0.29) is 17.5 Å². The minimum atomic E-state index is -3.18. The average molecular weight is 524 g/mol. The molecule has 3 N–H and O–H groups in total. The fourth-order valence-corrected chi connectivity index (χ4v) is 6.32. The number of nitrogens with two attached hydrogens (primary N) is 1. The van der Waals surface area contributed by atoms with E-state index in [1.54, 1.807) is 0 Å². The summed E-state index contributed by atoms with van der Waals surface area (Å²) >= 11 is 0. The first-order chi connectivity index (χ1) is 17.7. The van der Waals surface area contributed by atoms with Crippen LogP contribution in [0.1, 0.15) is 22.4 Å². The molecular weight excluding hydrogens is 490 g/mol. The van der Waals surface area contributed by atoms with Crippen molar-refractivity contribution in [3.63, 3.8) is 0 Å². The zero-order valence-corrected chi connectivity index (χ0v) is 22.3. The maximum Gasteiger partial charge on any atom is 0.237 e. The summed E-state index contributed by atoms with van der Waals surface area (Å²) in [6, 6.07) is 7.57. The van der Waals surface area contributed by atoms with Crippen molar-refractivity contribution in [1.29, 1.82) is 0 Å². The highest BCUT2D eigenvalue weighted by Crippen LogP contribution is 2.37. The summed E-state index contributed by atoms with van der Waals surface area (Å²) in [5.74, 6) is 1.03. The lowest BCUT2D eigenvalue weighted by Crippen LogP contribution is -2.33. The Labute approximate surface area is 217 Å². The van der Waals surface area contributed by atoms with Gasteiger partial charge in [-0.3, -0.25) is 0 Å². The van der Waals surface area contributed by atoms with Gasteiger partial charge < -0.3 is 25.6 Å². The number of ether oxygens (including phenoxy) is 1. The molecule has 196 valence electrons. The van der Waals surface area contributed by atoms with E-state index in [1.165, 1.54) is 0 Å². The number of benzene rings is 1. The number of fused-ring (bicyclic) bond motifs is 2. The highest BCUT2D eigenvalue weighted by molar-refractivity contribution is 7.90. The molecule has 11 heteroatoms. The van der Waals surface area contributed by atoms with Crippen LogP contribution in [-0.2, 0) is 28.6 Å². The van der Waals surface area contributed by atoms with E-state index in [0.717, 1.165) is 64.5 Å². The van der Waals surface area contributed by atoms with Gasteiger partial charge in [-0.15, -0.1) is 0 Å². The standard InChI is InChI=1S/C26H33N7O3S/c1-17-22(14-29-25-23(17)28-9-12-36-25)33-10-8-20-21(15-33)30-26(27)31-24(20)19-6-4-18(5-7-19)16-37(34,35)13-11-32(2)3/h4-7,14,28H,8-13,15-16H2,1-3H3,(H2,27,30,31). The lowest BCUT2D eigenvalue weighted by atomic mass is 9.97. The van der Waals surface area contributed by atoms with Gasteiger partial charge in [-0.2, -0.15) is 0 Å². The Bertz CT molecular complexity index is 1410.